The van der Waals surface area contributed by atoms with Crippen molar-refractivity contribution in [3.63, 3.8) is 0 Å². The second-order valence-electron chi connectivity index (χ2n) is 16.1. The molecule has 0 amide bonds. The van der Waals surface area contributed by atoms with Crippen LogP contribution < -0.4 is 0 Å². The van der Waals surface area contributed by atoms with Crippen LogP contribution in [0.25, 0.3) is 0 Å². The van der Waals surface area contributed by atoms with Crippen molar-refractivity contribution >= 4 is 17.9 Å². The molecule has 0 radical (unpaired) electrons. The Morgan fingerprint density at radius 1 is 0.328 bits per heavy atom. The van der Waals surface area contributed by atoms with Crippen LogP contribution in [-0.2, 0) is 28.6 Å². The van der Waals surface area contributed by atoms with Crippen LogP contribution in [0.1, 0.15) is 194 Å². The molecule has 6 nitrogen and oxygen atoms in total. The number of unbranched alkanes of at least 4 members (excludes halogenated alkanes) is 14. The fraction of sp³-hybridized carbons (Fsp3) is 0.569. The summed E-state index contributed by atoms with van der Waals surface area (Å²) in [4.78, 5) is 37.9. The first-order valence-corrected chi connectivity index (χ1v) is 25.3. The van der Waals surface area contributed by atoms with Crippen molar-refractivity contribution < 1.29 is 28.6 Å². The smallest absolute Gasteiger partial charge is 0.306 e. The van der Waals surface area contributed by atoms with Crippen LogP contribution >= 0.6 is 0 Å². The lowest BCUT2D eigenvalue weighted by molar-refractivity contribution is -0.167. The zero-order valence-corrected chi connectivity index (χ0v) is 40.7. The summed E-state index contributed by atoms with van der Waals surface area (Å²) < 4.78 is 16.7. The zero-order chi connectivity index (χ0) is 46.5. The van der Waals surface area contributed by atoms with Gasteiger partial charge in [-0.1, -0.05) is 206 Å². The average Bonchev–Trinajstić information content (AvgIpc) is 3.29. The Hall–Kier alpha value is -4.45. The number of carbonyl (C=O) groups is 3. The molecule has 0 aliphatic carbocycles. The van der Waals surface area contributed by atoms with Gasteiger partial charge in [-0.3, -0.25) is 14.4 Å². The fourth-order valence-corrected chi connectivity index (χ4v) is 6.31. The Bertz CT molecular complexity index is 1430. The summed E-state index contributed by atoms with van der Waals surface area (Å²) in [6.07, 6.45) is 71.5. The Morgan fingerprint density at radius 3 is 1.11 bits per heavy atom. The van der Waals surface area contributed by atoms with Gasteiger partial charge >= 0.3 is 17.9 Å². The van der Waals surface area contributed by atoms with Crippen molar-refractivity contribution in [2.45, 2.75) is 200 Å². The summed E-state index contributed by atoms with van der Waals surface area (Å²) in [6.45, 7) is 6.17. The van der Waals surface area contributed by atoms with E-state index in [0.717, 1.165) is 103 Å². The van der Waals surface area contributed by atoms with Crippen molar-refractivity contribution in [2.24, 2.45) is 0 Å². The van der Waals surface area contributed by atoms with Gasteiger partial charge in [0.15, 0.2) is 6.10 Å². The van der Waals surface area contributed by atoms with Gasteiger partial charge in [0.1, 0.15) is 13.2 Å². The van der Waals surface area contributed by atoms with E-state index >= 15 is 0 Å². The highest BCUT2D eigenvalue weighted by molar-refractivity contribution is 5.71. The van der Waals surface area contributed by atoms with Gasteiger partial charge < -0.3 is 14.2 Å². The lowest BCUT2D eigenvalue weighted by Crippen LogP contribution is -2.30. The van der Waals surface area contributed by atoms with Crippen molar-refractivity contribution in [1.29, 1.82) is 0 Å². The molecule has 0 aromatic rings. The van der Waals surface area contributed by atoms with Crippen molar-refractivity contribution in [2.75, 3.05) is 13.2 Å². The Labute approximate surface area is 392 Å². The third-order valence-electron chi connectivity index (χ3n) is 10.0. The molecule has 64 heavy (non-hydrogen) atoms. The highest BCUT2D eigenvalue weighted by atomic mass is 16.6. The molecule has 0 aliphatic heterocycles. The van der Waals surface area contributed by atoms with E-state index in [4.69, 9.17) is 14.2 Å². The lowest BCUT2D eigenvalue weighted by Gasteiger charge is -2.18. The van der Waals surface area contributed by atoms with E-state index in [9.17, 15) is 14.4 Å². The minimum absolute atomic E-state index is 0.116. The van der Waals surface area contributed by atoms with Gasteiger partial charge in [-0.25, -0.2) is 0 Å². The van der Waals surface area contributed by atoms with E-state index in [2.05, 4.69) is 106 Å². The number of hydrogen-bond acceptors (Lipinski definition) is 6. The summed E-state index contributed by atoms with van der Waals surface area (Å²) in [5.41, 5.74) is 0. The molecule has 1 atom stereocenters. The SMILES string of the molecule is CC\C=C/C=C\C=C/C=C\C=C/CCCCCC(=O)OC(COC(=O)CCCC/C=C\C/C=C\C/C=C\CC)COC(=O)CCCCCCCCCCC/C=C\C/C=C\C/C=C\CC. The normalized spacial score (nSPS) is 13.2. The van der Waals surface area contributed by atoms with Gasteiger partial charge in [0, 0.05) is 19.3 Å². The maximum Gasteiger partial charge on any atom is 0.306 e. The monoisotopic (exact) mass is 883 g/mol. The van der Waals surface area contributed by atoms with Crippen molar-refractivity contribution in [1.82, 2.24) is 0 Å². The molecule has 0 aromatic carbocycles. The highest BCUT2D eigenvalue weighted by Gasteiger charge is 2.19. The quantitative estimate of drug-likeness (QED) is 0.0200. The molecule has 0 N–H and O–H groups in total. The number of carbonyl (C=O) groups excluding carboxylic acids is 3. The van der Waals surface area contributed by atoms with Gasteiger partial charge in [0.05, 0.1) is 0 Å². The Morgan fingerprint density at radius 2 is 0.641 bits per heavy atom. The first-order valence-electron chi connectivity index (χ1n) is 25.3. The van der Waals surface area contributed by atoms with Crippen LogP contribution in [-0.4, -0.2) is 37.2 Å². The van der Waals surface area contributed by atoms with Gasteiger partial charge in [0.2, 0.25) is 0 Å². The summed E-state index contributed by atoms with van der Waals surface area (Å²) in [7, 11) is 0. The molecule has 0 aliphatic rings. The molecule has 0 rings (SSSR count). The van der Waals surface area contributed by atoms with Crippen LogP contribution in [0.3, 0.4) is 0 Å². The van der Waals surface area contributed by atoms with Crippen LogP contribution in [0.2, 0.25) is 0 Å². The second kappa shape index (κ2) is 51.2. The summed E-state index contributed by atoms with van der Waals surface area (Å²) in [6, 6.07) is 0. The van der Waals surface area contributed by atoms with Crippen LogP contribution in [0.15, 0.2) is 134 Å². The van der Waals surface area contributed by atoms with Crippen molar-refractivity contribution in [3.8, 4) is 0 Å². The van der Waals surface area contributed by atoms with Crippen LogP contribution in [0.4, 0.5) is 0 Å². The largest absolute Gasteiger partial charge is 0.462 e. The molecule has 1 unspecified atom stereocenters. The number of hydrogen-bond donors (Lipinski definition) is 0. The topological polar surface area (TPSA) is 78.9 Å². The minimum Gasteiger partial charge on any atom is -0.462 e. The molecule has 0 fully saturated rings. The minimum atomic E-state index is -0.822. The maximum absolute atomic E-state index is 12.8. The van der Waals surface area contributed by atoms with E-state index in [0.29, 0.717) is 25.7 Å². The number of esters is 3. The van der Waals surface area contributed by atoms with Gasteiger partial charge in [-0.15, -0.1) is 0 Å². The van der Waals surface area contributed by atoms with E-state index in [1.807, 2.05) is 48.6 Å². The molecule has 6 heteroatoms. The second-order valence-corrected chi connectivity index (χ2v) is 16.1. The third-order valence-corrected chi connectivity index (χ3v) is 10.0. The van der Waals surface area contributed by atoms with Gasteiger partial charge in [-0.05, 0) is 103 Å². The molecule has 0 saturated heterocycles. The molecule has 0 saturated carbocycles. The molecular weight excluding hydrogens is 793 g/mol. The zero-order valence-electron chi connectivity index (χ0n) is 40.7. The fourth-order valence-electron chi connectivity index (χ4n) is 6.31. The Kier molecular flexibility index (Phi) is 47.6. The number of rotatable bonds is 43. The van der Waals surface area contributed by atoms with Gasteiger partial charge in [-0.2, -0.15) is 0 Å². The highest BCUT2D eigenvalue weighted by Crippen LogP contribution is 2.13. The van der Waals surface area contributed by atoms with E-state index in [1.54, 1.807) is 0 Å². The van der Waals surface area contributed by atoms with Crippen molar-refractivity contribution in [3.05, 3.63) is 134 Å². The predicted octanol–water partition coefficient (Wildman–Crippen LogP) is 16.7. The molecule has 0 aromatic heterocycles. The predicted molar refractivity (Wildman–Crippen MR) is 274 cm³/mol. The molecule has 358 valence electrons. The number of ether oxygens (including phenoxy) is 3. The van der Waals surface area contributed by atoms with E-state index < -0.39 is 6.10 Å². The summed E-state index contributed by atoms with van der Waals surface area (Å²) >= 11 is 0. The first-order chi connectivity index (χ1) is 31.5. The van der Waals surface area contributed by atoms with Crippen LogP contribution in [0, 0.1) is 0 Å². The molecule has 0 heterocycles. The molecule has 0 spiro atoms. The first kappa shape index (κ1) is 59.5. The molecular formula is C58H90O6. The van der Waals surface area contributed by atoms with Gasteiger partial charge in [0.25, 0.3) is 0 Å². The summed E-state index contributed by atoms with van der Waals surface area (Å²) in [5.74, 6) is -1.02. The standard InChI is InChI=1S/C58H90O6/c1-4-7-10-13-16-19-22-25-27-28-29-30-32-33-36-39-42-45-48-51-57(60)63-54-55(53-62-56(59)50-47-44-41-38-35-24-21-18-15-12-9-6-3)64-58(61)52-49-46-43-40-37-34-31-26-23-20-17-14-11-8-5-2/h7-12,14,16-21,23,25-27,31,34-35,37-38,55H,4-6,13,15,22,24,28-30,32-33,36,39-54H2,1-3H3/b10-7-,11-8-,12-9-,17-14-,19-16-,21-18-,23-20-,27-25-,31-26-,37-34-,38-35-. The van der Waals surface area contributed by atoms with E-state index in [1.165, 1.54) is 38.5 Å². The maximum atomic E-state index is 12.8. The summed E-state index contributed by atoms with van der Waals surface area (Å²) in [5, 5.41) is 0. The van der Waals surface area contributed by atoms with Crippen LogP contribution in [0.5, 0.6) is 0 Å². The molecule has 0 bridgehead atoms. The number of allylic oxidation sites excluding steroid dienone is 22. The van der Waals surface area contributed by atoms with E-state index in [-0.39, 0.29) is 37.5 Å². The lowest BCUT2D eigenvalue weighted by atomic mass is 10.1. The third kappa shape index (κ3) is 48.6. The average molecular weight is 883 g/mol. The Balaban J connectivity index is 4.50.